The van der Waals surface area contributed by atoms with Gasteiger partial charge in [0, 0.05) is 20.9 Å². The Balaban J connectivity index is 0.000000618. The summed E-state index contributed by atoms with van der Waals surface area (Å²) in [4.78, 5) is 1.35. The van der Waals surface area contributed by atoms with E-state index in [1.807, 2.05) is 13.8 Å². The Morgan fingerprint density at radius 3 is 2.03 bits per heavy atom. The van der Waals surface area contributed by atoms with Crippen LogP contribution in [0.15, 0.2) is 96.0 Å². The van der Waals surface area contributed by atoms with E-state index in [4.69, 9.17) is 0 Å². The highest BCUT2D eigenvalue weighted by molar-refractivity contribution is 9.10. The topological polar surface area (TPSA) is 17.0 Å². The second kappa shape index (κ2) is 14.0. The Bertz CT molecular complexity index is 1250. The number of nitrogens with zero attached hydrogens (tertiary/aromatic N) is 1. The highest BCUT2D eigenvalue weighted by Crippen LogP contribution is 2.33. The second-order valence-electron chi connectivity index (χ2n) is 7.20. The fraction of sp³-hybridized carbons (Fsp3) is 0.172. The zero-order valence-corrected chi connectivity index (χ0v) is 22.8. The number of allylic oxidation sites excluding steroid dienone is 5. The molecule has 0 saturated heterocycles. The van der Waals surface area contributed by atoms with E-state index >= 15 is 0 Å². The molecule has 2 nitrogen and oxygen atoms in total. The molecule has 3 aromatic carbocycles. The van der Waals surface area contributed by atoms with Gasteiger partial charge in [0.25, 0.3) is 0 Å². The Hall–Kier alpha value is -2.60. The summed E-state index contributed by atoms with van der Waals surface area (Å²) in [6.07, 6.45) is 8.02. The molecule has 1 aromatic heterocycles. The number of aromatic nitrogens is 1. The molecule has 4 aromatic rings. The largest absolute Gasteiger partial charge is 0.309 e. The smallest absolute Gasteiger partial charge is 0.0541 e. The van der Waals surface area contributed by atoms with Crippen LogP contribution in [0.1, 0.15) is 31.9 Å². The number of halogens is 2. The van der Waals surface area contributed by atoms with E-state index in [2.05, 4.69) is 126 Å². The minimum atomic E-state index is 0.940. The fourth-order valence-corrected chi connectivity index (χ4v) is 4.12. The number of fused-ring (bicyclic) bond motifs is 3. The molecule has 1 N–H and O–H groups in total. The lowest BCUT2D eigenvalue weighted by atomic mass is 10.0. The Kier molecular flexibility index (Phi) is 11.3. The van der Waals surface area contributed by atoms with Crippen LogP contribution in [0.3, 0.4) is 0 Å². The van der Waals surface area contributed by atoms with Crippen LogP contribution < -0.4 is 4.94 Å². The number of benzene rings is 3. The molecule has 0 radical (unpaired) electrons. The van der Waals surface area contributed by atoms with E-state index in [0.717, 1.165) is 33.3 Å². The first-order valence-corrected chi connectivity index (χ1v) is 13.2. The van der Waals surface area contributed by atoms with Gasteiger partial charge in [-0.15, -0.1) is 9.43 Å². The van der Waals surface area contributed by atoms with Crippen LogP contribution >= 0.6 is 27.9 Å². The van der Waals surface area contributed by atoms with Crippen molar-refractivity contribution in [2.75, 3.05) is 6.26 Å². The summed E-state index contributed by atoms with van der Waals surface area (Å²) in [5.41, 5.74) is 6.86. The molecule has 0 amide bonds. The zero-order chi connectivity index (χ0) is 25.1. The summed E-state index contributed by atoms with van der Waals surface area (Å²) in [6.45, 7) is 12.5. The number of hydrogen-bond acceptors (Lipinski definition) is 2. The minimum absolute atomic E-state index is 0.940. The maximum absolute atomic E-state index is 10.4. The summed E-state index contributed by atoms with van der Waals surface area (Å²) in [5.74, 6) is 0. The number of aryl methyl sites for hydroxylation is 1. The average Bonchev–Trinajstić information content (AvgIpc) is 3.21. The predicted octanol–water partition coefficient (Wildman–Crippen LogP) is 9.76. The zero-order valence-electron chi connectivity index (χ0n) is 20.4. The van der Waals surface area contributed by atoms with Gasteiger partial charge in [-0.1, -0.05) is 96.8 Å². The number of hydrogen-bond donors (Lipinski definition) is 1. The Morgan fingerprint density at radius 2 is 1.53 bits per heavy atom. The Labute approximate surface area is 215 Å². The van der Waals surface area contributed by atoms with Gasteiger partial charge < -0.3 is 4.57 Å². The van der Waals surface area contributed by atoms with E-state index in [0.29, 0.717) is 0 Å². The summed E-state index contributed by atoms with van der Waals surface area (Å²) in [5, 5.41) is 2.52. The highest BCUT2D eigenvalue weighted by atomic mass is 79.9. The number of rotatable bonds is 5. The molecule has 0 aliphatic carbocycles. The molecule has 0 spiro atoms. The third kappa shape index (κ3) is 6.50. The van der Waals surface area contributed by atoms with E-state index < -0.39 is 0 Å². The Morgan fingerprint density at radius 1 is 1.00 bits per heavy atom. The summed E-state index contributed by atoms with van der Waals surface area (Å²) >= 11 is 4.52. The first kappa shape index (κ1) is 27.6. The monoisotopic (exact) mass is 538 g/mol. The first-order valence-electron chi connectivity index (χ1n) is 11.2. The van der Waals surface area contributed by atoms with Crippen LogP contribution in [0.5, 0.6) is 0 Å². The van der Waals surface area contributed by atoms with Crippen molar-refractivity contribution in [3.8, 4) is 0 Å². The van der Waals surface area contributed by atoms with Gasteiger partial charge in [0.15, 0.2) is 0 Å². The van der Waals surface area contributed by atoms with Crippen molar-refractivity contribution in [1.82, 2.24) is 9.51 Å². The summed E-state index contributed by atoms with van der Waals surface area (Å²) in [6, 6.07) is 23.4. The molecule has 1 heterocycles. The van der Waals surface area contributed by atoms with Gasteiger partial charge in [-0.3, -0.25) is 0 Å². The first-order chi connectivity index (χ1) is 16.5. The van der Waals surface area contributed by atoms with Crippen molar-refractivity contribution in [2.45, 2.75) is 27.7 Å². The van der Waals surface area contributed by atoms with Crippen molar-refractivity contribution >= 4 is 61.0 Å². The fourth-order valence-electron chi connectivity index (χ4n) is 3.76. The maximum atomic E-state index is 10.4. The molecular formula is C29H32BrFN2S. The molecular weight excluding hydrogens is 507 g/mol. The third-order valence-electron chi connectivity index (χ3n) is 5.12. The van der Waals surface area contributed by atoms with Crippen LogP contribution in [0.25, 0.3) is 33.1 Å². The van der Waals surface area contributed by atoms with Gasteiger partial charge >= 0.3 is 0 Å². The van der Waals surface area contributed by atoms with Crippen molar-refractivity contribution in [1.29, 1.82) is 0 Å². The van der Waals surface area contributed by atoms with E-state index in [9.17, 15) is 4.48 Å². The standard InChI is InChI=1S/C26H22BrN.C2H6.CH4FNS/c1-4-9-21(16-19(3)24-17-20(27)15-14-18(24)2)28-25-12-7-5-10-22(25)23-11-6-8-13-26(23)28;1-2;1-4-3-2/h4-17H,3H2,1-2H3;1-2H3;3H,1H3/b9-4-,21-16+;;. The third-order valence-corrected chi connectivity index (χ3v) is 5.77. The van der Waals surface area contributed by atoms with Gasteiger partial charge in [0.2, 0.25) is 0 Å². The van der Waals surface area contributed by atoms with Crippen molar-refractivity contribution in [3.05, 3.63) is 107 Å². The molecule has 4 rings (SSSR count). The van der Waals surface area contributed by atoms with Gasteiger partial charge in [-0.05, 0) is 73.2 Å². The molecule has 34 heavy (non-hydrogen) atoms. The quantitative estimate of drug-likeness (QED) is 0.154. The van der Waals surface area contributed by atoms with Crippen LogP contribution in [-0.4, -0.2) is 10.8 Å². The molecule has 0 unspecified atom stereocenters. The SMILES string of the molecule is C=C(/C=C(\C=C/C)n1c2ccccc2c2ccccc21)c1cc(Br)ccc1C.CC.CSNF. The number of nitrogens with one attached hydrogen (secondary N) is 1. The lowest BCUT2D eigenvalue weighted by molar-refractivity contribution is 0.466. The maximum Gasteiger partial charge on any atom is 0.0541 e. The molecule has 0 saturated carbocycles. The molecule has 5 heteroatoms. The summed E-state index contributed by atoms with van der Waals surface area (Å²) in [7, 11) is 0. The van der Waals surface area contributed by atoms with E-state index in [1.165, 1.54) is 32.3 Å². The molecule has 0 aliphatic heterocycles. The van der Waals surface area contributed by atoms with Crippen LogP contribution in [0.4, 0.5) is 4.48 Å². The normalized spacial score (nSPS) is 11.2. The van der Waals surface area contributed by atoms with E-state index in [-0.39, 0.29) is 0 Å². The van der Waals surface area contributed by atoms with Crippen molar-refractivity contribution in [2.24, 2.45) is 0 Å². The lowest BCUT2D eigenvalue weighted by Gasteiger charge is -2.12. The van der Waals surface area contributed by atoms with E-state index in [1.54, 1.807) is 6.26 Å². The number of para-hydroxylation sites is 2. The average molecular weight is 540 g/mol. The molecule has 0 atom stereocenters. The van der Waals surface area contributed by atoms with Crippen molar-refractivity contribution < 1.29 is 4.48 Å². The predicted molar refractivity (Wildman–Crippen MR) is 156 cm³/mol. The molecule has 178 valence electrons. The molecule has 0 bridgehead atoms. The van der Waals surface area contributed by atoms with Crippen LogP contribution in [0.2, 0.25) is 0 Å². The lowest BCUT2D eigenvalue weighted by Crippen LogP contribution is -1.96. The van der Waals surface area contributed by atoms with Crippen LogP contribution in [-0.2, 0) is 0 Å². The van der Waals surface area contributed by atoms with Gasteiger partial charge in [-0.25, -0.2) is 0 Å². The highest BCUT2D eigenvalue weighted by Gasteiger charge is 2.12. The van der Waals surface area contributed by atoms with Crippen LogP contribution in [0, 0.1) is 6.92 Å². The van der Waals surface area contributed by atoms with Crippen molar-refractivity contribution in [3.63, 3.8) is 0 Å². The molecule has 0 fully saturated rings. The summed E-state index contributed by atoms with van der Waals surface area (Å²) < 4.78 is 13.8. The van der Waals surface area contributed by atoms with Gasteiger partial charge in [0.05, 0.1) is 11.0 Å². The minimum Gasteiger partial charge on any atom is -0.309 e. The molecule has 0 aliphatic rings. The van der Waals surface area contributed by atoms with Gasteiger partial charge in [0.1, 0.15) is 0 Å². The second-order valence-corrected chi connectivity index (χ2v) is 8.68. The van der Waals surface area contributed by atoms with Gasteiger partial charge in [-0.2, -0.15) is 0 Å².